The van der Waals surface area contributed by atoms with E-state index >= 15 is 0 Å². The summed E-state index contributed by atoms with van der Waals surface area (Å²) in [5.41, 5.74) is 0. The summed E-state index contributed by atoms with van der Waals surface area (Å²) in [5.74, 6) is 0. The number of alkyl halides is 6. The lowest BCUT2D eigenvalue weighted by molar-refractivity contribution is -0.329. The highest BCUT2D eigenvalue weighted by Gasteiger charge is 2.51. The minimum Gasteiger partial charge on any atom is -0.315 e. The van der Waals surface area contributed by atoms with E-state index in [4.69, 9.17) is 8.57 Å². The summed E-state index contributed by atoms with van der Waals surface area (Å²) in [6, 6.07) is -5.56. The fraction of sp³-hybridized carbons (Fsp3) is 0.875. The molecule has 200 valence electrons. The molecule has 0 aliphatic carbocycles. The van der Waals surface area contributed by atoms with Crippen LogP contribution in [0.4, 0.5) is 35.9 Å². The van der Waals surface area contributed by atoms with Crippen molar-refractivity contribution in [1.29, 1.82) is 0 Å². The zero-order chi connectivity index (χ0) is 25.8. The molecule has 12 nitrogen and oxygen atoms in total. The van der Waals surface area contributed by atoms with Crippen molar-refractivity contribution in [3.8, 4) is 0 Å². The van der Waals surface area contributed by atoms with E-state index in [1.165, 1.54) is 0 Å². The number of ether oxygens (including phenoxy) is 2. The third kappa shape index (κ3) is 5.84. The molecular weight excluding hydrogens is 522 g/mol. The number of amides is 4. The standard InChI is InChI=1S/C16H20F6N4O8S/c17-15(18,19)31-7-11-3-1-9-5-23(11)13(27)25(9)33-35(29,30)34-26-10-2-4-12(8-32-16(20,21)22)24(6-10)14(26)28/h9-12H,1-8H2. The Morgan fingerprint density at radius 3 is 1.43 bits per heavy atom. The Hall–Kier alpha value is -2.09. The molecule has 35 heavy (non-hydrogen) atoms. The van der Waals surface area contributed by atoms with E-state index in [1.54, 1.807) is 0 Å². The zero-order valence-corrected chi connectivity index (χ0v) is 18.5. The summed E-state index contributed by atoms with van der Waals surface area (Å²) in [7, 11) is -5.06. The molecule has 19 heteroatoms. The van der Waals surface area contributed by atoms with Gasteiger partial charge in [0.25, 0.3) is 0 Å². The predicted molar refractivity (Wildman–Crippen MR) is 96.6 cm³/mol. The average molecular weight is 542 g/mol. The molecule has 0 N–H and O–H groups in total. The van der Waals surface area contributed by atoms with Crippen LogP contribution in [-0.4, -0.2) is 104 Å². The Balaban J connectivity index is 1.36. The van der Waals surface area contributed by atoms with E-state index in [2.05, 4.69) is 9.47 Å². The van der Waals surface area contributed by atoms with Gasteiger partial charge in [0.1, 0.15) is 0 Å². The largest absolute Gasteiger partial charge is 0.522 e. The topological polar surface area (TPSA) is 118 Å². The summed E-state index contributed by atoms with van der Waals surface area (Å²) in [6.45, 7) is -1.89. The highest BCUT2D eigenvalue weighted by Crippen LogP contribution is 2.34. The number of urea groups is 2. The van der Waals surface area contributed by atoms with Crippen LogP contribution >= 0.6 is 0 Å². The van der Waals surface area contributed by atoms with Crippen molar-refractivity contribution in [3.05, 3.63) is 0 Å². The van der Waals surface area contributed by atoms with Gasteiger partial charge in [-0.2, -0.15) is 18.5 Å². The van der Waals surface area contributed by atoms with Crippen molar-refractivity contribution >= 4 is 22.5 Å². The first-order chi connectivity index (χ1) is 16.1. The molecule has 4 bridgehead atoms. The SMILES string of the molecule is O=C1N2CC(CCC2COC(F)(F)F)N1OS(=O)(=O)ON1C(=O)N2CC1CCC2COC(F)(F)F. The number of hydrogen-bond donors (Lipinski definition) is 0. The molecule has 0 radical (unpaired) electrons. The number of carbonyl (C=O) groups is 2. The van der Waals surface area contributed by atoms with Crippen molar-refractivity contribution < 1.29 is 62.4 Å². The second kappa shape index (κ2) is 9.09. The Labute approximate surface area is 194 Å². The van der Waals surface area contributed by atoms with E-state index in [-0.39, 0.29) is 38.8 Å². The normalized spacial score (nSPS) is 29.5. The van der Waals surface area contributed by atoms with Gasteiger partial charge in [-0.1, -0.05) is 0 Å². The van der Waals surface area contributed by atoms with E-state index in [1.807, 2.05) is 0 Å². The summed E-state index contributed by atoms with van der Waals surface area (Å²) >= 11 is 0. The fourth-order valence-corrected chi connectivity index (χ4v) is 5.35. The fourth-order valence-electron chi connectivity index (χ4n) is 4.56. The van der Waals surface area contributed by atoms with E-state index < -0.39 is 72.6 Å². The zero-order valence-electron chi connectivity index (χ0n) is 17.7. The molecule has 4 aliphatic rings. The molecule has 0 aromatic carbocycles. The van der Waals surface area contributed by atoms with Gasteiger partial charge in [-0.05, 0) is 25.7 Å². The minimum absolute atomic E-state index is 0.0935. The number of fused-ring (bicyclic) bond motifs is 4. The van der Waals surface area contributed by atoms with Gasteiger partial charge >= 0.3 is 35.2 Å². The van der Waals surface area contributed by atoms with Crippen molar-refractivity contribution in [2.75, 3.05) is 26.3 Å². The molecule has 4 amide bonds. The molecule has 4 heterocycles. The van der Waals surface area contributed by atoms with E-state index in [0.717, 1.165) is 9.80 Å². The summed E-state index contributed by atoms with van der Waals surface area (Å²) in [5, 5.41) is 0.908. The number of rotatable bonds is 8. The summed E-state index contributed by atoms with van der Waals surface area (Å²) in [6.07, 6.45) is -9.39. The molecule has 0 spiro atoms. The van der Waals surface area contributed by atoms with Gasteiger partial charge in [0.05, 0.1) is 37.4 Å². The van der Waals surface area contributed by atoms with Crippen molar-refractivity contribution in [2.45, 2.75) is 62.6 Å². The third-order valence-corrected chi connectivity index (χ3v) is 6.80. The van der Waals surface area contributed by atoms with Crippen LogP contribution in [0.15, 0.2) is 0 Å². The maximum absolute atomic E-state index is 12.6. The molecule has 4 atom stereocenters. The quantitative estimate of drug-likeness (QED) is 0.426. The van der Waals surface area contributed by atoms with Crippen LogP contribution in [-0.2, 0) is 28.4 Å². The van der Waals surface area contributed by atoms with Gasteiger partial charge in [0.15, 0.2) is 0 Å². The predicted octanol–water partition coefficient (Wildman–Crippen LogP) is 1.70. The molecule has 4 unspecified atom stereocenters. The molecule has 0 aromatic rings. The van der Waals surface area contributed by atoms with Gasteiger partial charge in [0.2, 0.25) is 0 Å². The Morgan fingerprint density at radius 2 is 1.09 bits per heavy atom. The Kier molecular flexibility index (Phi) is 6.75. The molecular formula is C16H20F6N4O8S. The number of halogens is 6. The molecule has 0 saturated carbocycles. The summed E-state index contributed by atoms with van der Waals surface area (Å²) in [4.78, 5) is 27.1. The molecule has 4 aliphatic heterocycles. The van der Waals surface area contributed by atoms with Crippen LogP contribution in [0.25, 0.3) is 0 Å². The average Bonchev–Trinajstić information content (AvgIpc) is 3.12. The first kappa shape index (κ1) is 26.0. The smallest absolute Gasteiger partial charge is 0.315 e. The highest BCUT2D eigenvalue weighted by atomic mass is 32.3. The second-order valence-corrected chi connectivity index (χ2v) is 9.48. The van der Waals surface area contributed by atoms with Gasteiger partial charge in [-0.3, -0.25) is 9.47 Å². The van der Waals surface area contributed by atoms with Crippen molar-refractivity contribution in [1.82, 2.24) is 19.9 Å². The maximum atomic E-state index is 12.6. The Morgan fingerprint density at radius 1 is 0.714 bits per heavy atom. The van der Waals surface area contributed by atoms with Gasteiger partial charge in [-0.25, -0.2) is 9.59 Å². The lowest BCUT2D eigenvalue weighted by Gasteiger charge is -2.30. The molecule has 4 rings (SSSR count). The second-order valence-electron chi connectivity index (χ2n) is 8.36. The number of nitrogens with zero attached hydrogens (tertiary/aromatic N) is 4. The molecule has 4 saturated heterocycles. The summed E-state index contributed by atoms with van der Waals surface area (Å²) < 4.78 is 116. The van der Waals surface area contributed by atoms with Crippen LogP contribution in [0.3, 0.4) is 0 Å². The van der Waals surface area contributed by atoms with Crippen LogP contribution in [0, 0.1) is 0 Å². The van der Waals surface area contributed by atoms with E-state index in [0.29, 0.717) is 10.1 Å². The molecule has 0 aromatic heterocycles. The lowest BCUT2D eigenvalue weighted by Crippen LogP contribution is -2.44. The first-order valence-electron chi connectivity index (χ1n) is 10.4. The van der Waals surface area contributed by atoms with E-state index in [9.17, 15) is 44.3 Å². The Bertz CT molecular complexity index is 881. The molecule has 4 fully saturated rings. The van der Waals surface area contributed by atoms with Gasteiger partial charge < -0.3 is 9.80 Å². The first-order valence-corrected chi connectivity index (χ1v) is 11.7. The van der Waals surface area contributed by atoms with Crippen molar-refractivity contribution in [3.63, 3.8) is 0 Å². The van der Waals surface area contributed by atoms with Crippen LogP contribution in [0.5, 0.6) is 0 Å². The van der Waals surface area contributed by atoms with Crippen LogP contribution < -0.4 is 0 Å². The van der Waals surface area contributed by atoms with Crippen LogP contribution in [0.2, 0.25) is 0 Å². The maximum Gasteiger partial charge on any atom is 0.522 e. The lowest BCUT2D eigenvalue weighted by atomic mass is 10.0. The van der Waals surface area contributed by atoms with Gasteiger partial charge in [-0.15, -0.1) is 34.9 Å². The minimum atomic E-state index is -5.06. The number of carbonyl (C=O) groups excluding carboxylic acids is 2. The van der Waals surface area contributed by atoms with Gasteiger partial charge in [0, 0.05) is 13.1 Å². The van der Waals surface area contributed by atoms with Crippen LogP contribution in [0.1, 0.15) is 25.7 Å². The highest BCUT2D eigenvalue weighted by molar-refractivity contribution is 7.81. The monoisotopic (exact) mass is 542 g/mol. The number of hydrogen-bond acceptors (Lipinski definition) is 8. The number of hydroxylamine groups is 4. The van der Waals surface area contributed by atoms with Crippen molar-refractivity contribution in [2.24, 2.45) is 0 Å². The number of piperidine rings is 2. The third-order valence-electron chi connectivity index (χ3n) is 6.12.